The highest BCUT2D eigenvalue weighted by molar-refractivity contribution is 6.32. The van der Waals surface area contributed by atoms with Crippen LogP contribution < -0.4 is 16.6 Å². The van der Waals surface area contributed by atoms with E-state index in [-0.39, 0.29) is 5.54 Å². The van der Waals surface area contributed by atoms with Gasteiger partial charge in [0.05, 0.1) is 6.20 Å². The zero-order valence-corrected chi connectivity index (χ0v) is 10.2. The number of aromatic nitrogens is 2. The molecule has 1 fully saturated rings. The Morgan fingerprint density at radius 1 is 1.50 bits per heavy atom. The van der Waals surface area contributed by atoms with Crippen LogP contribution in [0.5, 0.6) is 0 Å². The van der Waals surface area contributed by atoms with Gasteiger partial charge < -0.3 is 5.32 Å². The Morgan fingerprint density at radius 2 is 2.19 bits per heavy atom. The van der Waals surface area contributed by atoms with Crippen molar-refractivity contribution in [2.75, 3.05) is 10.7 Å². The highest BCUT2D eigenvalue weighted by Crippen LogP contribution is 2.41. The first-order valence-corrected chi connectivity index (χ1v) is 5.68. The molecule has 1 heterocycles. The zero-order chi connectivity index (χ0) is 11.8. The Hall–Kier alpha value is -1.07. The fourth-order valence-corrected chi connectivity index (χ4v) is 1.87. The van der Waals surface area contributed by atoms with Gasteiger partial charge in [0.25, 0.3) is 0 Å². The minimum Gasteiger partial charge on any atom is -0.364 e. The molecular weight excluding hydrogens is 226 g/mol. The van der Waals surface area contributed by atoms with Gasteiger partial charge in [-0.1, -0.05) is 11.6 Å². The highest BCUT2D eigenvalue weighted by atomic mass is 35.5. The molecule has 0 unspecified atom stereocenters. The van der Waals surface area contributed by atoms with Gasteiger partial charge in [-0.25, -0.2) is 10.8 Å². The number of hydrazine groups is 1. The number of nitrogens with one attached hydrogen (secondary N) is 2. The summed E-state index contributed by atoms with van der Waals surface area (Å²) in [5.41, 5.74) is 2.41. The number of hydrogen-bond acceptors (Lipinski definition) is 5. The van der Waals surface area contributed by atoms with E-state index in [1.165, 1.54) is 19.0 Å². The molecule has 0 atom stereocenters. The maximum Gasteiger partial charge on any atom is 0.239 e. The summed E-state index contributed by atoms with van der Waals surface area (Å²) in [6.07, 6.45) is 4.05. The molecule has 2 rings (SSSR count). The molecule has 5 nitrogen and oxygen atoms in total. The van der Waals surface area contributed by atoms with Gasteiger partial charge in [-0.3, -0.25) is 5.43 Å². The molecule has 6 heteroatoms. The topological polar surface area (TPSA) is 75.9 Å². The average Bonchev–Trinajstić information content (AvgIpc) is 3.04. The van der Waals surface area contributed by atoms with E-state index in [4.69, 9.17) is 17.4 Å². The molecule has 0 amide bonds. The molecule has 1 aromatic heterocycles. The lowest BCUT2D eigenvalue weighted by molar-refractivity contribution is 0.492. The van der Waals surface area contributed by atoms with Gasteiger partial charge in [0, 0.05) is 5.54 Å². The van der Waals surface area contributed by atoms with Crippen LogP contribution in [0, 0.1) is 5.92 Å². The lowest BCUT2D eigenvalue weighted by atomic mass is 9.99. The molecule has 0 aliphatic heterocycles. The molecule has 88 valence electrons. The summed E-state index contributed by atoms with van der Waals surface area (Å²) < 4.78 is 0. The van der Waals surface area contributed by atoms with Gasteiger partial charge in [-0.05, 0) is 32.6 Å². The van der Waals surface area contributed by atoms with Crippen LogP contribution in [-0.4, -0.2) is 15.5 Å². The standard InChI is InChI=1S/C10H16ClN5/c1-10(2,6-3-4-6)15-8-7(11)5-13-9(14-8)16-12/h5-6H,3-4,12H2,1-2H3,(H2,13,14,15,16). The Labute approximate surface area is 99.8 Å². The van der Waals surface area contributed by atoms with E-state index in [1.54, 1.807) is 0 Å². The quantitative estimate of drug-likeness (QED) is 0.555. The number of halogens is 1. The van der Waals surface area contributed by atoms with Gasteiger partial charge in [0.2, 0.25) is 5.95 Å². The van der Waals surface area contributed by atoms with Crippen molar-refractivity contribution in [3.63, 3.8) is 0 Å². The van der Waals surface area contributed by atoms with Gasteiger partial charge >= 0.3 is 0 Å². The summed E-state index contributed by atoms with van der Waals surface area (Å²) in [5, 5.41) is 3.85. The number of nitrogens with two attached hydrogens (primary N) is 1. The summed E-state index contributed by atoms with van der Waals surface area (Å²) in [6.45, 7) is 4.30. The van der Waals surface area contributed by atoms with Crippen LogP contribution in [0.2, 0.25) is 5.02 Å². The van der Waals surface area contributed by atoms with Crippen LogP contribution in [0.4, 0.5) is 11.8 Å². The third-order valence-corrected chi connectivity index (χ3v) is 3.19. The summed E-state index contributed by atoms with van der Waals surface area (Å²) in [4.78, 5) is 8.12. The minimum atomic E-state index is 0.00383. The van der Waals surface area contributed by atoms with Crippen molar-refractivity contribution in [1.82, 2.24) is 9.97 Å². The van der Waals surface area contributed by atoms with Crippen LogP contribution in [0.25, 0.3) is 0 Å². The summed E-state index contributed by atoms with van der Waals surface area (Å²) in [5.74, 6) is 6.93. The van der Waals surface area contributed by atoms with Crippen LogP contribution in [0.1, 0.15) is 26.7 Å². The van der Waals surface area contributed by atoms with Crippen LogP contribution in [-0.2, 0) is 0 Å². The summed E-state index contributed by atoms with van der Waals surface area (Å²) in [7, 11) is 0. The van der Waals surface area contributed by atoms with Crippen LogP contribution >= 0.6 is 11.6 Å². The van der Waals surface area contributed by atoms with Gasteiger partial charge in [0.15, 0.2) is 5.82 Å². The number of nitrogens with zero attached hydrogens (tertiary/aromatic N) is 2. The van der Waals surface area contributed by atoms with Crippen molar-refractivity contribution in [3.8, 4) is 0 Å². The molecule has 4 N–H and O–H groups in total. The molecule has 1 saturated carbocycles. The van der Waals surface area contributed by atoms with E-state index in [0.717, 1.165) is 0 Å². The molecular formula is C10H16ClN5. The Bertz CT molecular complexity index is 389. The molecule has 0 aromatic carbocycles. The molecule has 1 aliphatic carbocycles. The van der Waals surface area contributed by atoms with Crippen molar-refractivity contribution in [2.45, 2.75) is 32.2 Å². The third-order valence-electron chi connectivity index (χ3n) is 2.91. The normalized spacial score (nSPS) is 16.0. The largest absolute Gasteiger partial charge is 0.364 e. The predicted octanol–water partition coefficient (Wildman–Crippen LogP) is 2.02. The Balaban J connectivity index is 2.19. The van der Waals surface area contributed by atoms with Crippen molar-refractivity contribution < 1.29 is 0 Å². The van der Waals surface area contributed by atoms with Crippen molar-refractivity contribution >= 4 is 23.4 Å². The zero-order valence-electron chi connectivity index (χ0n) is 9.42. The molecule has 0 saturated heterocycles. The van der Waals surface area contributed by atoms with Crippen LogP contribution in [0.15, 0.2) is 6.20 Å². The molecule has 16 heavy (non-hydrogen) atoms. The van der Waals surface area contributed by atoms with E-state index in [9.17, 15) is 0 Å². The van der Waals surface area contributed by atoms with Gasteiger partial charge in [-0.15, -0.1) is 0 Å². The predicted molar refractivity (Wildman–Crippen MR) is 65.3 cm³/mol. The lowest BCUT2D eigenvalue weighted by Gasteiger charge is -2.27. The van der Waals surface area contributed by atoms with Crippen LogP contribution in [0.3, 0.4) is 0 Å². The highest BCUT2D eigenvalue weighted by Gasteiger charge is 2.38. The number of hydrogen-bond donors (Lipinski definition) is 3. The third kappa shape index (κ3) is 2.36. The first kappa shape index (κ1) is 11.4. The second kappa shape index (κ2) is 4.07. The first-order valence-electron chi connectivity index (χ1n) is 5.30. The van der Waals surface area contributed by atoms with Gasteiger partial charge in [-0.2, -0.15) is 4.98 Å². The number of nitrogen functional groups attached to an aromatic ring is 1. The monoisotopic (exact) mass is 241 g/mol. The van der Waals surface area contributed by atoms with E-state index >= 15 is 0 Å². The smallest absolute Gasteiger partial charge is 0.239 e. The second-order valence-electron chi connectivity index (χ2n) is 4.66. The van der Waals surface area contributed by atoms with E-state index < -0.39 is 0 Å². The molecule has 0 bridgehead atoms. The maximum atomic E-state index is 6.03. The number of anilines is 2. The Morgan fingerprint density at radius 3 is 2.75 bits per heavy atom. The van der Waals surface area contributed by atoms with E-state index in [2.05, 4.69) is 34.6 Å². The van der Waals surface area contributed by atoms with Crippen molar-refractivity contribution in [2.24, 2.45) is 11.8 Å². The summed E-state index contributed by atoms with van der Waals surface area (Å²) >= 11 is 6.03. The second-order valence-corrected chi connectivity index (χ2v) is 5.06. The van der Waals surface area contributed by atoms with Crippen molar-refractivity contribution in [3.05, 3.63) is 11.2 Å². The Kier molecular flexibility index (Phi) is 2.90. The molecule has 0 spiro atoms. The molecule has 0 radical (unpaired) electrons. The van der Waals surface area contributed by atoms with Crippen molar-refractivity contribution in [1.29, 1.82) is 0 Å². The molecule has 1 aromatic rings. The molecule has 1 aliphatic rings. The first-order chi connectivity index (χ1) is 7.53. The summed E-state index contributed by atoms with van der Waals surface area (Å²) in [6, 6.07) is 0. The van der Waals surface area contributed by atoms with Gasteiger partial charge in [0.1, 0.15) is 5.02 Å². The lowest BCUT2D eigenvalue weighted by Crippen LogP contribution is -2.34. The number of rotatable bonds is 4. The fourth-order valence-electron chi connectivity index (χ4n) is 1.74. The average molecular weight is 242 g/mol. The minimum absolute atomic E-state index is 0.00383. The van der Waals surface area contributed by atoms with E-state index in [1.807, 2.05) is 0 Å². The fraction of sp³-hybridized carbons (Fsp3) is 0.600. The maximum absolute atomic E-state index is 6.03. The SMILES string of the molecule is CC(C)(Nc1nc(NN)ncc1Cl)C1CC1. The van der Waals surface area contributed by atoms with E-state index in [0.29, 0.717) is 22.7 Å².